The van der Waals surface area contributed by atoms with Crippen LogP contribution in [0, 0.1) is 24.0 Å². The summed E-state index contributed by atoms with van der Waals surface area (Å²) in [6.07, 6.45) is 0. The van der Waals surface area contributed by atoms with Crippen molar-refractivity contribution >= 4 is 17.4 Å². The van der Waals surface area contributed by atoms with Crippen LogP contribution in [0.25, 0.3) is 0 Å². The van der Waals surface area contributed by atoms with E-state index in [0.29, 0.717) is 22.6 Å². The molecule has 8 heteroatoms. The number of carbonyl (C=O) groups is 2. The van der Waals surface area contributed by atoms with Gasteiger partial charge in [-0.25, -0.2) is 4.79 Å². The zero-order valence-corrected chi connectivity index (χ0v) is 14.1. The van der Waals surface area contributed by atoms with Crippen molar-refractivity contribution in [2.45, 2.75) is 20.8 Å². The van der Waals surface area contributed by atoms with Crippen molar-refractivity contribution in [1.82, 2.24) is 4.98 Å². The highest BCUT2D eigenvalue weighted by atomic mass is 16.6. The van der Waals surface area contributed by atoms with Crippen molar-refractivity contribution < 1.29 is 24.0 Å². The van der Waals surface area contributed by atoms with Crippen LogP contribution in [0.3, 0.4) is 0 Å². The van der Waals surface area contributed by atoms with E-state index in [0.717, 1.165) is 0 Å². The van der Waals surface area contributed by atoms with E-state index in [1.54, 1.807) is 20.8 Å². The molecule has 25 heavy (non-hydrogen) atoms. The number of hydrogen-bond donors (Lipinski definition) is 1. The van der Waals surface area contributed by atoms with Crippen LogP contribution in [-0.4, -0.2) is 34.9 Å². The Labute approximate surface area is 143 Å². The Hall–Kier alpha value is -3.16. The molecule has 2 rings (SSSR count). The standard InChI is InChI=1S/C17H18N2O6/c1-4-24-17(21)16-10(2)15(11(3)18-16)14(20)9-25-13-7-5-12(6-8-13)19(22)23/h5-8,18H,4,9H2,1-3H3. The number of esters is 1. The number of benzene rings is 1. The number of nitro benzene ring substituents is 1. The fourth-order valence-electron chi connectivity index (χ4n) is 2.46. The Morgan fingerprint density at radius 2 is 1.84 bits per heavy atom. The predicted molar refractivity (Wildman–Crippen MR) is 89.1 cm³/mol. The Balaban J connectivity index is 2.10. The number of nitrogens with zero attached hydrogens (tertiary/aromatic N) is 1. The quantitative estimate of drug-likeness (QED) is 0.357. The highest BCUT2D eigenvalue weighted by molar-refractivity contribution is 6.03. The van der Waals surface area contributed by atoms with Gasteiger partial charge in [0.2, 0.25) is 5.78 Å². The molecule has 0 aliphatic heterocycles. The largest absolute Gasteiger partial charge is 0.485 e. The molecule has 0 bridgehead atoms. The van der Waals surface area contributed by atoms with Crippen LogP contribution in [0.5, 0.6) is 5.75 Å². The van der Waals surface area contributed by atoms with Gasteiger partial charge in [0, 0.05) is 23.4 Å². The lowest BCUT2D eigenvalue weighted by atomic mass is 10.1. The Kier molecular flexibility index (Phi) is 5.53. The molecular formula is C17H18N2O6. The molecular weight excluding hydrogens is 328 g/mol. The molecule has 0 aliphatic carbocycles. The zero-order valence-electron chi connectivity index (χ0n) is 14.1. The van der Waals surface area contributed by atoms with Crippen molar-refractivity contribution in [1.29, 1.82) is 0 Å². The molecule has 0 fully saturated rings. The van der Waals surface area contributed by atoms with E-state index < -0.39 is 10.9 Å². The summed E-state index contributed by atoms with van der Waals surface area (Å²) in [7, 11) is 0. The van der Waals surface area contributed by atoms with Gasteiger partial charge in [-0.15, -0.1) is 0 Å². The number of rotatable bonds is 7. The number of aromatic amines is 1. The summed E-state index contributed by atoms with van der Waals surface area (Å²) < 4.78 is 10.3. The molecule has 0 radical (unpaired) electrons. The molecule has 0 saturated carbocycles. The fraction of sp³-hybridized carbons (Fsp3) is 0.294. The SMILES string of the molecule is CCOC(=O)c1[nH]c(C)c(C(=O)COc2ccc([N+](=O)[O-])cc2)c1C. The van der Waals surface area contributed by atoms with E-state index in [1.807, 2.05) is 0 Å². The number of ketones is 1. The monoisotopic (exact) mass is 346 g/mol. The van der Waals surface area contributed by atoms with Crippen molar-refractivity contribution in [3.8, 4) is 5.75 Å². The van der Waals surface area contributed by atoms with E-state index in [4.69, 9.17) is 9.47 Å². The Morgan fingerprint density at radius 3 is 2.40 bits per heavy atom. The van der Waals surface area contributed by atoms with Crippen LogP contribution in [0.2, 0.25) is 0 Å². The number of aromatic nitrogens is 1. The lowest BCUT2D eigenvalue weighted by molar-refractivity contribution is -0.384. The first-order valence-electron chi connectivity index (χ1n) is 7.61. The van der Waals surface area contributed by atoms with Crippen LogP contribution in [0.15, 0.2) is 24.3 Å². The average molecular weight is 346 g/mol. The van der Waals surface area contributed by atoms with Crippen LogP contribution in [0.4, 0.5) is 5.69 Å². The van der Waals surface area contributed by atoms with Gasteiger partial charge in [-0.05, 0) is 38.5 Å². The summed E-state index contributed by atoms with van der Waals surface area (Å²) in [6, 6.07) is 5.44. The molecule has 8 nitrogen and oxygen atoms in total. The molecule has 1 N–H and O–H groups in total. The molecule has 132 valence electrons. The van der Waals surface area contributed by atoms with Crippen molar-refractivity contribution in [2.75, 3.05) is 13.2 Å². The van der Waals surface area contributed by atoms with E-state index in [-0.39, 0.29) is 30.4 Å². The number of H-pyrrole nitrogens is 1. The van der Waals surface area contributed by atoms with E-state index in [2.05, 4.69) is 4.98 Å². The van der Waals surface area contributed by atoms with E-state index in [1.165, 1.54) is 24.3 Å². The number of nitrogens with one attached hydrogen (secondary N) is 1. The maximum absolute atomic E-state index is 12.4. The topological polar surface area (TPSA) is 112 Å². The van der Waals surface area contributed by atoms with Gasteiger partial charge in [-0.3, -0.25) is 14.9 Å². The Bertz CT molecular complexity index is 807. The molecule has 2 aromatic rings. The minimum atomic E-state index is -0.516. The highest BCUT2D eigenvalue weighted by Crippen LogP contribution is 2.21. The molecule has 0 amide bonds. The van der Waals surface area contributed by atoms with Crippen molar-refractivity contribution in [3.05, 3.63) is 56.9 Å². The summed E-state index contributed by atoms with van der Waals surface area (Å²) in [6.45, 7) is 5.04. The van der Waals surface area contributed by atoms with Crippen LogP contribution in [-0.2, 0) is 4.74 Å². The van der Waals surface area contributed by atoms with Gasteiger partial charge in [0.15, 0.2) is 6.61 Å². The number of ether oxygens (including phenoxy) is 2. The minimum Gasteiger partial charge on any atom is -0.485 e. The number of aryl methyl sites for hydroxylation is 1. The average Bonchev–Trinajstić information content (AvgIpc) is 2.88. The van der Waals surface area contributed by atoms with Crippen LogP contribution in [0.1, 0.15) is 39.0 Å². The lowest BCUT2D eigenvalue weighted by Gasteiger charge is -2.06. The smallest absolute Gasteiger partial charge is 0.355 e. The number of carbonyl (C=O) groups excluding carboxylic acids is 2. The molecule has 1 aromatic carbocycles. The third-order valence-electron chi connectivity index (χ3n) is 3.61. The highest BCUT2D eigenvalue weighted by Gasteiger charge is 2.23. The second kappa shape index (κ2) is 7.61. The number of hydrogen-bond acceptors (Lipinski definition) is 6. The third kappa shape index (κ3) is 4.03. The third-order valence-corrected chi connectivity index (χ3v) is 3.61. The van der Waals surface area contributed by atoms with E-state index in [9.17, 15) is 19.7 Å². The number of Topliss-reactive ketones (excluding diaryl/α,β-unsaturated/α-hetero) is 1. The summed E-state index contributed by atoms with van der Waals surface area (Å²) in [5.41, 5.74) is 1.63. The fourth-order valence-corrected chi connectivity index (χ4v) is 2.46. The van der Waals surface area contributed by atoms with Gasteiger partial charge in [0.25, 0.3) is 5.69 Å². The molecule has 0 aliphatic rings. The summed E-state index contributed by atoms with van der Waals surface area (Å²) in [4.78, 5) is 37.3. The first-order chi connectivity index (χ1) is 11.8. The second-order valence-corrected chi connectivity index (χ2v) is 5.31. The summed E-state index contributed by atoms with van der Waals surface area (Å²) >= 11 is 0. The first-order valence-corrected chi connectivity index (χ1v) is 7.61. The minimum absolute atomic E-state index is 0.0601. The number of non-ortho nitro benzene ring substituents is 1. The zero-order chi connectivity index (χ0) is 18.6. The molecule has 0 saturated heterocycles. The molecule has 0 unspecified atom stereocenters. The van der Waals surface area contributed by atoms with Gasteiger partial charge in [0.05, 0.1) is 11.5 Å². The maximum atomic E-state index is 12.4. The van der Waals surface area contributed by atoms with Gasteiger partial charge in [0.1, 0.15) is 11.4 Å². The maximum Gasteiger partial charge on any atom is 0.355 e. The predicted octanol–water partition coefficient (Wildman–Crippen LogP) is 2.98. The normalized spacial score (nSPS) is 10.4. The number of nitro groups is 1. The molecule has 0 spiro atoms. The summed E-state index contributed by atoms with van der Waals surface area (Å²) in [5, 5.41) is 10.6. The van der Waals surface area contributed by atoms with Crippen LogP contribution < -0.4 is 4.74 Å². The van der Waals surface area contributed by atoms with Gasteiger partial charge >= 0.3 is 5.97 Å². The molecule has 1 aromatic heterocycles. The van der Waals surface area contributed by atoms with Gasteiger partial charge < -0.3 is 14.5 Å². The second-order valence-electron chi connectivity index (χ2n) is 5.31. The molecule has 1 heterocycles. The van der Waals surface area contributed by atoms with Crippen LogP contribution >= 0.6 is 0 Å². The lowest BCUT2D eigenvalue weighted by Crippen LogP contribution is -2.13. The van der Waals surface area contributed by atoms with Crippen molar-refractivity contribution in [3.63, 3.8) is 0 Å². The summed E-state index contributed by atoms with van der Waals surface area (Å²) in [5.74, 6) is -0.478. The van der Waals surface area contributed by atoms with Gasteiger partial charge in [-0.2, -0.15) is 0 Å². The van der Waals surface area contributed by atoms with E-state index >= 15 is 0 Å². The van der Waals surface area contributed by atoms with Gasteiger partial charge in [-0.1, -0.05) is 0 Å². The molecule has 0 atom stereocenters. The Morgan fingerprint density at radius 1 is 1.20 bits per heavy atom. The van der Waals surface area contributed by atoms with Crippen molar-refractivity contribution in [2.24, 2.45) is 0 Å². The first kappa shape index (κ1) is 18.2.